The van der Waals surface area contributed by atoms with E-state index in [1.54, 1.807) is 4.90 Å². The van der Waals surface area contributed by atoms with E-state index in [1.165, 1.54) is 0 Å². The second-order valence-corrected chi connectivity index (χ2v) is 9.83. The molecule has 4 aromatic rings. The number of rotatable bonds is 15. The molecule has 0 bridgehead atoms. The Balaban J connectivity index is 1.47. The van der Waals surface area contributed by atoms with Crippen molar-refractivity contribution in [3.8, 4) is 0 Å². The highest BCUT2D eigenvalue weighted by atomic mass is 16.5. The van der Waals surface area contributed by atoms with Crippen molar-refractivity contribution in [1.29, 1.82) is 0 Å². The van der Waals surface area contributed by atoms with Crippen LogP contribution in [0.25, 0.3) is 0 Å². The molecular weight excluding hydrogens is 530 g/mol. The van der Waals surface area contributed by atoms with Crippen LogP contribution in [-0.4, -0.2) is 35.4 Å². The van der Waals surface area contributed by atoms with Crippen molar-refractivity contribution in [2.45, 2.75) is 45.2 Å². The van der Waals surface area contributed by atoms with Crippen LogP contribution in [0.15, 0.2) is 121 Å². The van der Waals surface area contributed by atoms with Crippen LogP contribution in [0.3, 0.4) is 0 Å². The lowest BCUT2D eigenvalue weighted by Crippen LogP contribution is -2.45. The molecule has 0 aliphatic carbocycles. The lowest BCUT2D eigenvalue weighted by molar-refractivity contribution is -0.156. The molecule has 216 valence electrons. The number of hydrogen-bond donors (Lipinski definition) is 0. The van der Waals surface area contributed by atoms with Gasteiger partial charge in [0.1, 0.15) is 25.9 Å². The maximum Gasteiger partial charge on any atom is 0.323 e. The summed E-state index contributed by atoms with van der Waals surface area (Å²) in [5, 5.41) is 0. The number of carbonyl (C=O) groups is 3. The highest BCUT2D eigenvalue weighted by Gasteiger charge is 2.30. The van der Waals surface area contributed by atoms with Gasteiger partial charge in [0.15, 0.2) is 0 Å². The molecule has 7 heteroatoms. The molecular formula is C35H35NO6. The third-order valence-electron chi connectivity index (χ3n) is 6.60. The van der Waals surface area contributed by atoms with E-state index in [9.17, 15) is 14.4 Å². The molecule has 4 aromatic carbocycles. The average molecular weight is 566 g/mol. The maximum absolute atomic E-state index is 13.5. The van der Waals surface area contributed by atoms with Crippen molar-refractivity contribution in [1.82, 2.24) is 4.90 Å². The Kier molecular flexibility index (Phi) is 11.9. The summed E-state index contributed by atoms with van der Waals surface area (Å²) in [5.41, 5.74) is 3.47. The van der Waals surface area contributed by atoms with Crippen LogP contribution in [0, 0.1) is 0 Å². The molecule has 1 atom stereocenters. The van der Waals surface area contributed by atoms with E-state index in [1.807, 2.05) is 121 Å². The van der Waals surface area contributed by atoms with E-state index in [4.69, 9.17) is 14.2 Å². The number of benzene rings is 4. The third-order valence-corrected chi connectivity index (χ3v) is 6.60. The van der Waals surface area contributed by atoms with Crippen molar-refractivity contribution in [2.75, 3.05) is 6.54 Å². The zero-order valence-corrected chi connectivity index (χ0v) is 23.5. The summed E-state index contributed by atoms with van der Waals surface area (Å²) in [6.07, 6.45) is 0.0856. The molecule has 0 radical (unpaired) electrons. The predicted octanol–water partition coefficient (Wildman–Crippen LogP) is 5.87. The van der Waals surface area contributed by atoms with E-state index < -0.39 is 23.9 Å². The molecule has 0 saturated heterocycles. The van der Waals surface area contributed by atoms with Crippen LogP contribution in [0.4, 0.5) is 0 Å². The van der Waals surface area contributed by atoms with Crippen molar-refractivity contribution in [3.63, 3.8) is 0 Å². The first-order valence-electron chi connectivity index (χ1n) is 13.9. The summed E-state index contributed by atoms with van der Waals surface area (Å²) in [7, 11) is 0. The van der Waals surface area contributed by atoms with E-state index in [0.29, 0.717) is 0 Å². The summed E-state index contributed by atoms with van der Waals surface area (Å²) >= 11 is 0. The van der Waals surface area contributed by atoms with Gasteiger partial charge in [0.25, 0.3) is 0 Å². The number of carbonyl (C=O) groups excluding carboxylic acids is 3. The molecule has 0 unspecified atom stereocenters. The lowest BCUT2D eigenvalue weighted by atomic mass is 10.1. The van der Waals surface area contributed by atoms with Gasteiger partial charge in [-0.1, -0.05) is 121 Å². The molecule has 0 heterocycles. The summed E-state index contributed by atoms with van der Waals surface area (Å²) in [5.74, 6) is -1.45. The average Bonchev–Trinajstić information content (AvgIpc) is 3.04. The zero-order chi connectivity index (χ0) is 29.4. The van der Waals surface area contributed by atoms with Crippen LogP contribution < -0.4 is 0 Å². The fraction of sp³-hybridized carbons (Fsp3) is 0.229. The van der Waals surface area contributed by atoms with Gasteiger partial charge < -0.3 is 14.2 Å². The molecule has 0 aliphatic rings. The summed E-state index contributed by atoms with van der Waals surface area (Å²) in [4.78, 5) is 41.0. The minimum Gasteiger partial charge on any atom is -0.461 e. The molecule has 42 heavy (non-hydrogen) atoms. The van der Waals surface area contributed by atoms with Gasteiger partial charge in [-0.25, -0.2) is 0 Å². The Morgan fingerprint density at radius 1 is 0.524 bits per heavy atom. The SMILES string of the molecule is O=C(CC[C@@H](C(=O)OCc1ccccc1)N(CC(=O)OCc1ccccc1)Cc1ccccc1)OCc1ccccc1. The summed E-state index contributed by atoms with van der Waals surface area (Å²) < 4.78 is 16.7. The Morgan fingerprint density at radius 2 is 0.929 bits per heavy atom. The molecule has 4 rings (SSSR count). The first-order valence-corrected chi connectivity index (χ1v) is 13.9. The molecule has 0 fully saturated rings. The molecule has 7 nitrogen and oxygen atoms in total. The van der Waals surface area contributed by atoms with Gasteiger partial charge in [-0.2, -0.15) is 0 Å². The number of hydrogen-bond acceptors (Lipinski definition) is 7. The molecule has 0 aromatic heterocycles. The van der Waals surface area contributed by atoms with Crippen molar-refractivity contribution < 1.29 is 28.6 Å². The van der Waals surface area contributed by atoms with Crippen LogP contribution in [0.5, 0.6) is 0 Å². The van der Waals surface area contributed by atoms with Crippen LogP contribution in [0.2, 0.25) is 0 Å². The van der Waals surface area contributed by atoms with Gasteiger partial charge in [0, 0.05) is 13.0 Å². The van der Waals surface area contributed by atoms with E-state index >= 15 is 0 Å². The topological polar surface area (TPSA) is 82.1 Å². The highest BCUT2D eigenvalue weighted by Crippen LogP contribution is 2.17. The fourth-order valence-electron chi connectivity index (χ4n) is 4.38. The molecule has 0 aliphatic heterocycles. The van der Waals surface area contributed by atoms with Crippen LogP contribution >= 0.6 is 0 Å². The van der Waals surface area contributed by atoms with Crippen molar-refractivity contribution >= 4 is 17.9 Å². The van der Waals surface area contributed by atoms with Crippen LogP contribution in [0.1, 0.15) is 35.1 Å². The van der Waals surface area contributed by atoms with E-state index in [-0.39, 0.29) is 45.8 Å². The molecule has 0 N–H and O–H groups in total. The predicted molar refractivity (Wildman–Crippen MR) is 159 cm³/mol. The molecule has 0 saturated carbocycles. The zero-order valence-electron chi connectivity index (χ0n) is 23.5. The Labute approximate surface area is 246 Å². The van der Waals surface area contributed by atoms with E-state index in [2.05, 4.69) is 0 Å². The number of nitrogens with zero attached hydrogens (tertiary/aromatic N) is 1. The quantitative estimate of drug-likeness (QED) is 0.132. The summed E-state index contributed by atoms with van der Waals surface area (Å²) in [6.45, 7) is 0.458. The minimum atomic E-state index is -0.887. The second kappa shape index (κ2) is 16.5. The Hall–Kier alpha value is -4.75. The monoisotopic (exact) mass is 565 g/mol. The van der Waals surface area contributed by atoms with Gasteiger partial charge in [-0.05, 0) is 28.7 Å². The van der Waals surface area contributed by atoms with Gasteiger partial charge >= 0.3 is 17.9 Å². The van der Waals surface area contributed by atoms with Crippen LogP contribution in [-0.2, 0) is 55.0 Å². The first-order chi connectivity index (χ1) is 20.6. The van der Waals surface area contributed by atoms with Gasteiger partial charge in [-0.15, -0.1) is 0 Å². The highest BCUT2D eigenvalue weighted by molar-refractivity contribution is 5.79. The maximum atomic E-state index is 13.5. The second-order valence-electron chi connectivity index (χ2n) is 9.83. The normalized spacial score (nSPS) is 11.5. The largest absolute Gasteiger partial charge is 0.461 e. The number of ether oxygens (including phenoxy) is 3. The first kappa shape index (κ1) is 30.2. The Bertz CT molecular complexity index is 1380. The number of esters is 3. The van der Waals surface area contributed by atoms with Gasteiger partial charge in [-0.3, -0.25) is 19.3 Å². The smallest absolute Gasteiger partial charge is 0.323 e. The Morgan fingerprint density at radius 3 is 1.40 bits per heavy atom. The van der Waals surface area contributed by atoms with Crippen molar-refractivity contribution in [3.05, 3.63) is 144 Å². The molecule has 0 amide bonds. The lowest BCUT2D eigenvalue weighted by Gasteiger charge is -2.29. The van der Waals surface area contributed by atoms with Gasteiger partial charge in [0.05, 0.1) is 6.54 Å². The summed E-state index contributed by atoms with van der Waals surface area (Å²) in [6, 6.07) is 36.8. The van der Waals surface area contributed by atoms with Gasteiger partial charge in [0.2, 0.25) is 0 Å². The third kappa shape index (κ3) is 10.3. The fourth-order valence-corrected chi connectivity index (χ4v) is 4.38. The molecule has 0 spiro atoms. The minimum absolute atomic E-state index is 0.0255. The van der Waals surface area contributed by atoms with Crippen molar-refractivity contribution in [2.24, 2.45) is 0 Å². The standard InChI is InChI=1S/C35H35NO6/c37-33(40-25-29-15-7-2-8-16-29)22-21-32(35(39)42-27-31-19-11-4-12-20-31)36(23-28-13-5-1-6-14-28)24-34(38)41-26-30-17-9-3-10-18-30/h1-20,32H,21-27H2/t32-/m0/s1. The van der Waals surface area contributed by atoms with E-state index in [0.717, 1.165) is 22.3 Å².